The third-order valence-electron chi connectivity index (χ3n) is 10.9. The fourth-order valence-electron chi connectivity index (χ4n) is 8.91. The van der Waals surface area contributed by atoms with E-state index in [2.05, 4.69) is 33.0 Å². The maximum absolute atomic E-state index is 12.1. The average molecular weight is 453 g/mol. The first-order chi connectivity index (χ1) is 15.5. The van der Waals surface area contributed by atoms with Crippen molar-refractivity contribution < 1.29 is 19.3 Å². The van der Waals surface area contributed by atoms with Crippen LogP contribution in [0, 0.1) is 28.2 Å². The highest BCUT2D eigenvalue weighted by Gasteiger charge is 2.82. The highest BCUT2D eigenvalue weighted by Crippen LogP contribution is 2.77. The molecule has 6 nitrogen and oxygen atoms in total. The van der Waals surface area contributed by atoms with Gasteiger partial charge in [-0.25, -0.2) is 0 Å². The number of rotatable bonds is 3. The van der Waals surface area contributed by atoms with Crippen LogP contribution in [0.5, 0.6) is 11.5 Å². The molecule has 7 atom stereocenters. The Balaban J connectivity index is 1.66. The number of aliphatic hydroxyl groups is 1. The third-order valence-corrected chi connectivity index (χ3v) is 10.9. The molecule has 0 radical (unpaired) electrons. The Kier molecular flexibility index (Phi) is 4.03. The van der Waals surface area contributed by atoms with Gasteiger partial charge >= 0.3 is 0 Å². The minimum atomic E-state index is -0.966. The molecule has 4 fully saturated rings. The number of hydrogen-bond donors (Lipinski definition) is 1. The minimum absolute atomic E-state index is 0.107. The van der Waals surface area contributed by atoms with E-state index in [0.717, 1.165) is 50.1 Å². The number of methoxy groups -OCH3 is 2. The van der Waals surface area contributed by atoms with Gasteiger partial charge in [-0.1, -0.05) is 26.8 Å². The lowest BCUT2D eigenvalue weighted by Gasteiger charge is -2.75. The summed E-state index contributed by atoms with van der Waals surface area (Å²) >= 11 is 0. The molecule has 33 heavy (non-hydrogen) atoms. The number of hydrogen-bond acceptors (Lipinski definition) is 6. The third kappa shape index (κ3) is 2.10. The molecule has 0 aromatic heterocycles. The van der Waals surface area contributed by atoms with Crippen molar-refractivity contribution in [2.45, 2.75) is 88.6 Å². The largest absolute Gasteiger partial charge is 0.493 e. The summed E-state index contributed by atoms with van der Waals surface area (Å²) < 4.78 is 19.3. The standard InChI is InChI=1S/C27H36N2O4/c1-23(2,3)24(4,30)18-14-25-9-10-27(18,32-6)22-26(25)11-12-29(15-28)19(25)13-16-7-8-17(31-5)21(33-22)20(16)26/h7-8,18-19,22,30H,9-14H2,1-6H3/t18?,19-,22?,24?,25-,26+,27-/m1/s1. The van der Waals surface area contributed by atoms with Crippen molar-refractivity contribution in [2.75, 3.05) is 20.8 Å². The molecule has 2 heterocycles. The predicted octanol–water partition coefficient (Wildman–Crippen LogP) is 3.79. The number of benzene rings is 1. The zero-order chi connectivity index (χ0) is 23.6. The summed E-state index contributed by atoms with van der Waals surface area (Å²) in [6.45, 7) is 9.05. The number of nitrogens with zero attached hydrogens (tertiary/aromatic N) is 2. The first-order valence-corrected chi connectivity index (χ1v) is 12.3. The molecule has 178 valence electrons. The van der Waals surface area contributed by atoms with E-state index in [4.69, 9.17) is 14.2 Å². The molecule has 2 aliphatic heterocycles. The molecule has 1 aromatic carbocycles. The molecule has 6 heteroatoms. The molecular formula is C27H36N2O4. The van der Waals surface area contributed by atoms with E-state index in [0.29, 0.717) is 0 Å². The van der Waals surface area contributed by atoms with Gasteiger partial charge in [0.2, 0.25) is 0 Å². The molecular weight excluding hydrogens is 416 g/mol. The lowest BCUT2D eigenvalue weighted by atomic mass is 9.33. The van der Waals surface area contributed by atoms with Crippen LogP contribution >= 0.6 is 0 Å². The fraction of sp³-hybridized carbons (Fsp3) is 0.741. The first-order valence-electron chi connectivity index (χ1n) is 12.3. The summed E-state index contributed by atoms with van der Waals surface area (Å²) in [5.41, 5.74) is 0.315. The van der Waals surface area contributed by atoms with Gasteiger partial charge in [-0.05, 0) is 56.1 Å². The van der Waals surface area contributed by atoms with Gasteiger partial charge in [0, 0.05) is 42.0 Å². The zero-order valence-corrected chi connectivity index (χ0v) is 20.7. The van der Waals surface area contributed by atoms with E-state index in [-0.39, 0.29) is 34.3 Å². The molecule has 3 unspecified atom stereocenters. The monoisotopic (exact) mass is 452 g/mol. The Morgan fingerprint density at radius 1 is 1.18 bits per heavy atom. The Morgan fingerprint density at radius 2 is 1.94 bits per heavy atom. The van der Waals surface area contributed by atoms with Gasteiger partial charge in [0.1, 0.15) is 11.7 Å². The zero-order valence-electron chi connectivity index (χ0n) is 20.7. The van der Waals surface area contributed by atoms with Crippen LogP contribution in [0.4, 0.5) is 0 Å². The molecule has 4 aliphatic carbocycles. The maximum atomic E-state index is 12.1. The number of piperidine rings is 1. The Bertz CT molecular complexity index is 1070. The SMILES string of the molecule is COc1ccc2c3c1OC1[C@@]4(OC)CC[C@@]5(CC4C(C)(O)C(C)(C)C)[C@@H](C2)N(C#N)CC[C@]315. The summed E-state index contributed by atoms with van der Waals surface area (Å²) in [5.74, 6) is 1.54. The summed E-state index contributed by atoms with van der Waals surface area (Å²) in [6.07, 6.45) is 6.68. The molecule has 3 saturated carbocycles. The van der Waals surface area contributed by atoms with Crippen LogP contribution in [-0.4, -0.2) is 54.1 Å². The second-order valence-corrected chi connectivity index (χ2v) is 12.3. The van der Waals surface area contributed by atoms with Crippen LogP contribution < -0.4 is 9.47 Å². The number of fused-ring (bicyclic) bond motifs is 2. The molecule has 1 saturated heterocycles. The van der Waals surface area contributed by atoms with E-state index in [9.17, 15) is 10.4 Å². The summed E-state index contributed by atoms with van der Waals surface area (Å²) in [4.78, 5) is 2.03. The number of nitriles is 1. The molecule has 1 N–H and O–H groups in total. The van der Waals surface area contributed by atoms with Gasteiger partial charge < -0.3 is 24.2 Å². The lowest BCUT2D eigenvalue weighted by Crippen LogP contribution is -2.83. The van der Waals surface area contributed by atoms with Crippen molar-refractivity contribution in [1.29, 1.82) is 5.26 Å². The van der Waals surface area contributed by atoms with Crippen LogP contribution in [0.2, 0.25) is 0 Å². The van der Waals surface area contributed by atoms with Crippen LogP contribution in [0.3, 0.4) is 0 Å². The highest BCUT2D eigenvalue weighted by atomic mass is 16.6. The Labute approximate surface area is 196 Å². The van der Waals surface area contributed by atoms with Crippen LogP contribution in [0.25, 0.3) is 0 Å². The topological polar surface area (TPSA) is 75.0 Å². The smallest absolute Gasteiger partial charge is 0.179 e. The molecule has 2 spiro atoms. The second kappa shape index (κ2) is 6.17. The average Bonchev–Trinajstić information content (AvgIpc) is 3.15. The van der Waals surface area contributed by atoms with E-state index >= 15 is 0 Å². The van der Waals surface area contributed by atoms with Crippen molar-refractivity contribution in [1.82, 2.24) is 4.90 Å². The lowest BCUT2D eigenvalue weighted by molar-refractivity contribution is -0.309. The van der Waals surface area contributed by atoms with Gasteiger partial charge in [-0.15, -0.1) is 0 Å². The minimum Gasteiger partial charge on any atom is -0.493 e. The number of likely N-dealkylation sites (tertiary alicyclic amines) is 1. The second-order valence-electron chi connectivity index (χ2n) is 12.3. The quantitative estimate of drug-likeness (QED) is 0.704. The first kappa shape index (κ1) is 21.6. The predicted molar refractivity (Wildman–Crippen MR) is 123 cm³/mol. The Hall–Kier alpha value is -1.97. The summed E-state index contributed by atoms with van der Waals surface area (Å²) in [5, 5.41) is 22.2. The summed E-state index contributed by atoms with van der Waals surface area (Å²) in [7, 11) is 3.50. The molecule has 1 aromatic rings. The van der Waals surface area contributed by atoms with Gasteiger partial charge in [0.15, 0.2) is 17.7 Å². The van der Waals surface area contributed by atoms with Crippen molar-refractivity contribution in [3.63, 3.8) is 0 Å². The van der Waals surface area contributed by atoms with Gasteiger partial charge in [-0.2, -0.15) is 5.26 Å². The van der Waals surface area contributed by atoms with Gasteiger partial charge in [0.25, 0.3) is 0 Å². The molecule has 0 amide bonds. The van der Waals surface area contributed by atoms with E-state index < -0.39 is 11.2 Å². The van der Waals surface area contributed by atoms with Crippen molar-refractivity contribution in [3.8, 4) is 17.7 Å². The van der Waals surface area contributed by atoms with E-state index in [1.165, 1.54) is 11.1 Å². The highest BCUT2D eigenvalue weighted by molar-refractivity contribution is 5.63. The van der Waals surface area contributed by atoms with Crippen molar-refractivity contribution in [2.24, 2.45) is 16.7 Å². The van der Waals surface area contributed by atoms with E-state index in [1.54, 1.807) is 14.2 Å². The van der Waals surface area contributed by atoms with Crippen LogP contribution in [0.15, 0.2) is 12.1 Å². The molecule has 7 rings (SSSR count). The van der Waals surface area contributed by atoms with Crippen LogP contribution in [0.1, 0.15) is 64.5 Å². The molecule has 6 aliphatic rings. The maximum Gasteiger partial charge on any atom is 0.179 e. The van der Waals surface area contributed by atoms with Crippen molar-refractivity contribution in [3.05, 3.63) is 23.3 Å². The van der Waals surface area contributed by atoms with Gasteiger partial charge in [0.05, 0.1) is 12.7 Å². The van der Waals surface area contributed by atoms with Crippen LogP contribution in [-0.2, 0) is 16.6 Å². The molecule has 4 bridgehead atoms. The normalized spacial score (nSPS) is 41.6. The Morgan fingerprint density at radius 3 is 2.58 bits per heavy atom. The van der Waals surface area contributed by atoms with Crippen molar-refractivity contribution >= 4 is 0 Å². The van der Waals surface area contributed by atoms with Gasteiger partial charge in [-0.3, -0.25) is 0 Å². The summed E-state index contributed by atoms with van der Waals surface area (Å²) in [6, 6.07) is 4.30. The van der Waals surface area contributed by atoms with E-state index in [1.807, 2.05) is 17.9 Å². The fourth-order valence-corrected chi connectivity index (χ4v) is 8.91. The number of ether oxygens (including phenoxy) is 3.